The van der Waals surface area contributed by atoms with Crippen LogP contribution in [0.4, 0.5) is 0 Å². The van der Waals surface area contributed by atoms with E-state index in [2.05, 4.69) is 23.3 Å². The van der Waals surface area contributed by atoms with Crippen LogP contribution in [-0.2, 0) is 6.54 Å². The van der Waals surface area contributed by atoms with Crippen molar-refractivity contribution in [1.82, 2.24) is 9.47 Å². The summed E-state index contributed by atoms with van der Waals surface area (Å²) in [6, 6.07) is 11.8. The molecule has 0 aliphatic rings. The maximum absolute atomic E-state index is 13.5. The Balaban J connectivity index is 2.07. The van der Waals surface area contributed by atoms with Gasteiger partial charge in [-0.05, 0) is 31.3 Å². The Morgan fingerprint density at radius 2 is 1.69 bits per heavy atom. The number of ether oxygens (including phenoxy) is 2. The van der Waals surface area contributed by atoms with Gasteiger partial charge in [-0.15, -0.1) is 11.3 Å². The number of aromatic nitrogens is 1. The van der Waals surface area contributed by atoms with Crippen molar-refractivity contribution in [3.8, 4) is 11.5 Å². The standard InChI is InChI=1S/C23H26N2O3S/c1-5-24(6-2)11-12-25-17-14-19(28-4)18(27-3)13-16(17)23-21(25)22(26)15-9-7-8-10-20(15)29-23/h7-10,13-14H,5-6,11-12H2,1-4H3. The molecular weight excluding hydrogens is 384 g/mol. The topological polar surface area (TPSA) is 43.7 Å². The molecule has 152 valence electrons. The number of likely N-dealkylation sites (N-methyl/N-ethyl adjacent to an activating group) is 1. The molecule has 2 aromatic carbocycles. The number of nitrogens with zero attached hydrogens (tertiary/aromatic N) is 2. The highest BCUT2D eigenvalue weighted by Crippen LogP contribution is 2.39. The molecule has 4 rings (SSSR count). The molecule has 4 aromatic rings. The lowest BCUT2D eigenvalue weighted by Crippen LogP contribution is -2.27. The summed E-state index contributed by atoms with van der Waals surface area (Å²) in [5.41, 5.74) is 1.86. The molecule has 0 atom stereocenters. The predicted octanol–water partition coefficient (Wildman–Crippen LogP) is 4.73. The average molecular weight is 411 g/mol. The van der Waals surface area contributed by atoms with E-state index in [1.54, 1.807) is 25.6 Å². The number of fused-ring (bicyclic) bond motifs is 4. The van der Waals surface area contributed by atoms with Crippen LogP contribution in [0.1, 0.15) is 13.8 Å². The summed E-state index contributed by atoms with van der Waals surface area (Å²) >= 11 is 1.66. The van der Waals surface area contributed by atoms with Crippen molar-refractivity contribution >= 4 is 42.5 Å². The third-order valence-corrected chi connectivity index (χ3v) is 6.81. The molecule has 0 bridgehead atoms. The van der Waals surface area contributed by atoms with Gasteiger partial charge in [0.2, 0.25) is 5.43 Å². The zero-order chi connectivity index (χ0) is 20.5. The summed E-state index contributed by atoms with van der Waals surface area (Å²) in [6.07, 6.45) is 0. The maximum Gasteiger partial charge on any atom is 0.212 e. The number of hydrogen-bond acceptors (Lipinski definition) is 5. The molecule has 2 heterocycles. The normalized spacial score (nSPS) is 11.8. The Kier molecular flexibility index (Phi) is 5.48. The molecule has 0 amide bonds. The molecule has 0 saturated carbocycles. The summed E-state index contributed by atoms with van der Waals surface area (Å²) in [5.74, 6) is 1.35. The molecule has 0 saturated heterocycles. The van der Waals surface area contributed by atoms with E-state index in [1.165, 1.54) is 0 Å². The lowest BCUT2D eigenvalue weighted by atomic mass is 10.2. The first-order chi connectivity index (χ1) is 14.1. The van der Waals surface area contributed by atoms with Crippen LogP contribution in [0.15, 0.2) is 41.2 Å². The minimum absolute atomic E-state index is 0.0861. The van der Waals surface area contributed by atoms with Crippen LogP contribution < -0.4 is 14.9 Å². The summed E-state index contributed by atoms with van der Waals surface area (Å²) in [6.45, 7) is 7.94. The highest BCUT2D eigenvalue weighted by atomic mass is 32.1. The van der Waals surface area contributed by atoms with E-state index in [1.807, 2.05) is 36.4 Å². The van der Waals surface area contributed by atoms with E-state index in [9.17, 15) is 4.79 Å². The molecule has 0 aliphatic heterocycles. The van der Waals surface area contributed by atoms with Crippen molar-refractivity contribution in [2.75, 3.05) is 33.9 Å². The second-order valence-corrected chi connectivity index (χ2v) is 8.06. The van der Waals surface area contributed by atoms with Gasteiger partial charge in [-0.25, -0.2) is 0 Å². The number of benzene rings is 2. The highest BCUT2D eigenvalue weighted by Gasteiger charge is 2.19. The molecule has 0 fully saturated rings. The van der Waals surface area contributed by atoms with Gasteiger partial charge in [-0.2, -0.15) is 0 Å². The van der Waals surface area contributed by atoms with Crippen LogP contribution in [0.5, 0.6) is 11.5 Å². The van der Waals surface area contributed by atoms with Crippen molar-refractivity contribution < 1.29 is 9.47 Å². The Hall–Kier alpha value is -2.57. The van der Waals surface area contributed by atoms with Crippen molar-refractivity contribution in [1.29, 1.82) is 0 Å². The van der Waals surface area contributed by atoms with Crippen LogP contribution in [0.3, 0.4) is 0 Å². The monoisotopic (exact) mass is 410 g/mol. The van der Waals surface area contributed by atoms with E-state index in [0.717, 1.165) is 57.4 Å². The minimum Gasteiger partial charge on any atom is -0.493 e. The van der Waals surface area contributed by atoms with E-state index in [-0.39, 0.29) is 5.43 Å². The Morgan fingerprint density at radius 3 is 2.38 bits per heavy atom. The zero-order valence-electron chi connectivity index (χ0n) is 17.3. The van der Waals surface area contributed by atoms with Gasteiger partial charge < -0.3 is 18.9 Å². The molecule has 5 nitrogen and oxygen atoms in total. The van der Waals surface area contributed by atoms with Crippen molar-refractivity contribution in [2.24, 2.45) is 0 Å². The Morgan fingerprint density at radius 1 is 1.00 bits per heavy atom. The van der Waals surface area contributed by atoms with E-state index < -0.39 is 0 Å². The van der Waals surface area contributed by atoms with Crippen molar-refractivity contribution in [3.05, 3.63) is 46.6 Å². The Bertz CT molecular complexity index is 1240. The molecule has 29 heavy (non-hydrogen) atoms. The molecule has 6 heteroatoms. The quantitative estimate of drug-likeness (QED) is 0.442. The summed E-state index contributed by atoms with van der Waals surface area (Å²) in [7, 11) is 3.28. The fraction of sp³-hybridized carbons (Fsp3) is 0.348. The van der Waals surface area contributed by atoms with Crippen LogP contribution in [-0.4, -0.2) is 43.3 Å². The van der Waals surface area contributed by atoms with Gasteiger partial charge in [0.15, 0.2) is 11.5 Å². The predicted molar refractivity (Wildman–Crippen MR) is 122 cm³/mol. The summed E-state index contributed by atoms with van der Waals surface area (Å²) in [4.78, 5) is 15.8. The molecule has 0 aliphatic carbocycles. The second kappa shape index (κ2) is 8.05. The third-order valence-electron chi connectivity index (χ3n) is 5.62. The average Bonchev–Trinajstić information content (AvgIpc) is 3.06. The van der Waals surface area contributed by atoms with Crippen LogP contribution >= 0.6 is 11.3 Å². The third kappa shape index (κ3) is 3.26. The van der Waals surface area contributed by atoms with Gasteiger partial charge in [-0.3, -0.25) is 4.79 Å². The fourth-order valence-electron chi connectivity index (χ4n) is 3.97. The zero-order valence-corrected chi connectivity index (χ0v) is 18.1. The number of hydrogen-bond donors (Lipinski definition) is 0. The van der Waals surface area contributed by atoms with Crippen molar-refractivity contribution in [2.45, 2.75) is 20.4 Å². The molecule has 0 N–H and O–H groups in total. The smallest absolute Gasteiger partial charge is 0.212 e. The van der Waals surface area contributed by atoms with Gasteiger partial charge in [0.05, 0.1) is 24.4 Å². The highest BCUT2D eigenvalue weighted by molar-refractivity contribution is 7.25. The first-order valence-corrected chi connectivity index (χ1v) is 10.8. The lowest BCUT2D eigenvalue weighted by Gasteiger charge is -2.19. The van der Waals surface area contributed by atoms with Gasteiger partial charge in [0, 0.05) is 34.6 Å². The first kappa shape index (κ1) is 19.7. The summed E-state index contributed by atoms with van der Waals surface area (Å²) in [5, 5.41) is 1.81. The van der Waals surface area contributed by atoms with Crippen LogP contribution in [0.25, 0.3) is 31.2 Å². The minimum atomic E-state index is 0.0861. The molecule has 2 aromatic heterocycles. The maximum atomic E-state index is 13.5. The summed E-state index contributed by atoms with van der Waals surface area (Å²) < 4.78 is 15.3. The number of rotatable bonds is 7. The number of methoxy groups -OCH3 is 2. The van der Waals surface area contributed by atoms with Gasteiger partial charge in [-0.1, -0.05) is 26.0 Å². The largest absolute Gasteiger partial charge is 0.493 e. The van der Waals surface area contributed by atoms with E-state index in [0.29, 0.717) is 11.5 Å². The van der Waals surface area contributed by atoms with Gasteiger partial charge in [0.1, 0.15) is 5.52 Å². The Labute approximate surface area is 174 Å². The van der Waals surface area contributed by atoms with E-state index in [4.69, 9.17) is 9.47 Å². The molecule has 0 unspecified atom stereocenters. The molecule has 0 radical (unpaired) electrons. The first-order valence-electron chi connectivity index (χ1n) is 9.95. The van der Waals surface area contributed by atoms with Crippen LogP contribution in [0, 0.1) is 0 Å². The molecule has 0 spiro atoms. The van der Waals surface area contributed by atoms with Gasteiger partial charge in [0.25, 0.3) is 0 Å². The van der Waals surface area contributed by atoms with Crippen LogP contribution in [0.2, 0.25) is 0 Å². The van der Waals surface area contributed by atoms with E-state index >= 15 is 0 Å². The SMILES string of the molecule is CCN(CC)CCn1c2cc(OC)c(OC)cc2c2sc3ccccc3c(=O)c21. The van der Waals surface area contributed by atoms with Crippen molar-refractivity contribution in [3.63, 3.8) is 0 Å². The fourth-order valence-corrected chi connectivity index (χ4v) is 5.18. The second-order valence-electron chi connectivity index (χ2n) is 7.01. The van der Waals surface area contributed by atoms with Gasteiger partial charge >= 0.3 is 0 Å². The lowest BCUT2D eigenvalue weighted by molar-refractivity contribution is 0.293. The molecular formula is C23H26N2O3S.